The molecule has 0 saturated carbocycles. The number of carbonyl (C=O) groups excluding carboxylic acids is 3. The average molecular weight is 497 g/mol. The summed E-state index contributed by atoms with van der Waals surface area (Å²) < 4.78 is 13.7. The van der Waals surface area contributed by atoms with Gasteiger partial charge in [0.2, 0.25) is 17.7 Å². The Morgan fingerprint density at radius 3 is 2.26 bits per heavy atom. The number of anilines is 2. The molecule has 0 aliphatic heterocycles. The third kappa shape index (κ3) is 7.35. The lowest BCUT2D eigenvalue weighted by Crippen LogP contribution is -2.46. The van der Waals surface area contributed by atoms with E-state index in [2.05, 4.69) is 15.6 Å². The topological polar surface area (TPSA) is 91.4 Å². The van der Waals surface area contributed by atoms with E-state index in [1.54, 1.807) is 48.7 Å². The van der Waals surface area contributed by atoms with Gasteiger partial charge in [0, 0.05) is 35.8 Å². The number of rotatable bonds is 9. The van der Waals surface area contributed by atoms with E-state index in [9.17, 15) is 18.8 Å². The van der Waals surface area contributed by atoms with Crippen LogP contribution in [0.1, 0.15) is 38.3 Å². The van der Waals surface area contributed by atoms with Gasteiger partial charge in [-0.2, -0.15) is 0 Å². The minimum absolute atomic E-state index is 0.133. The molecule has 3 rings (SSSR count). The van der Waals surface area contributed by atoms with Gasteiger partial charge in [0.25, 0.3) is 0 Å². The molecule has 1 unspecified atom stereocenters. The van der Waals surface area contributed by atoms with Gasteiger partial charge in [-0.3, -0.25) is 19.3 Å². The van der Waals surface area contributed by atoms with Crippen molar-refractivity contribution in [2.75, 3.05) is 10.2 Å². The van der Waals surface area contributed by atoms with Crippen LogP contribution in [0.2, 0.25) is 5.02 Å². The Labute approximate surface area is 208 Å². The van der Waals surface area contributed by atoms with Gasteiger partial charge in [0.05, 0.1) is 0 Å². The van der Waals surface area contributed by atoms with Gasteiger partial charge in [-0.1, -0.05) is 29.8 Å². The van der Waals surface area contributed by atoms with E-state index < -0.39 is 29.6 Å². The van der Waals surface area contributed by atoms with Gasteiger partial charge in [-0.25, -0.2) is 9.37 Å². The molecular formula is C26H26ClFN4O3. The van der Waals surface area contributed by atoms with Crippen LogP contribution in [-0.2, 0) is 14.4 Å². The summed E-state index contributed by atoms with van der Waals surface area (Å²) in [5.41, 5.74) is 0.837. The summed E-state index contributed by atoms with van der Waals surface area (Å²) in [6, 6.07) is 15.7. The van der Waals surface area contributed by atoms with Crippen molar-refractivity contribution >= 4 is 40.8 Å². The molecule has 0 fully saturated rings. The lowest BCUT2D eigenvalue weighted by Gasteiger charge is -2.32. The van der Waals surface area contributed by atoms with Crippen LogP contribution in [0.3, 0.4) is 0 Å². The molecule has 0 bridgehead atoms. The van der Waals surface area contributed by atoms with Crippen molar-refractivity contribution in [1.82, 2.24) is 10.3 Å². The number of nitrogens with one attached hydrogen (secondary N) is 2. The third-order valence-corrected chi connectivity index (χ3v) is 5.25. The molecule has 1 atom stereocenters. The average Bonchev–Trinajstić information content (AvgIpc) is 2.82. The first-order chi connectivity index (χ1) is 16.7. The van der Waals surface area contributed by atoms with E-state index in [-0.39, 0.29) is 18.9 Å². The first kappa shape index (κ1) is 25.8. The van der Waals surface area contributed by atoms with E-state index >= 15 is 0 Å². The van der Waals surface area contributed by atoms with Crippen molar-refractivity contribution in [2.24, 2.45) is 0 Å². The van der Waals surface area contributed by atoms with Crippen LogP contribution in [-0.4, -0.2) is 28.7 Å². The van der Waals surface area contributed by atoms with Crippen LogP contribution >= 0.6 is 11.6 Å². The van der Waals surface area contributed by atoms with Crippen LogP contribution < -0.4 is 15.5 Å². The zero-order chi connectivity index (χ0) is 25.4. The van der Waals surface area contributed by atoms with Gasteiger partial charge in [-0.05, 0) is 67.9 Å². The van der Waals surface area contributed by atoms with Crippen molar-refractivity contribution < 1.29 is 18.8 Å². The lowest BCUT2D eigenvalue weighted by atomic mass is 10.0. The lowest BCUT2D eigenvalue weighted by molar-refractivity contribution is -0.127. The summed E-state index contributed by atoms with van der Waals surface area (Å²) in [5.74, 6) is -1.41. The molecule has 2 N–H and O–H groups in total. The number of pyridine rings is 1. The van der Waals surface area contributed by atoms with Crippen LogP contribution in [0.25, 0.3) is 0 Å². The van der Waals surface area contributed by atoms with Crippen LogP contribution in [0.5, 0.6) is 0 Å². The van der Waals surface area contributed by atoms with E-state index in [1.165, 1.54) is 29.2 Å². The second-order valence-corrected chi connectivity index (χ2v) is 8.56. The highest BCUT2D eigenvalue weighted by atomic mass is 35.5. The smallest absolute Gasteiger partial charge is 0.248 e. The van der Waals surface area contributed by atoms with Crippen molar-refractivity contribution in [3.63, 3.8) is 0 Å². The van der Waals surface area contributed by atoms with E-state index in [0.29, 0.717) is 22.1 Å². The molecule has 0 radical (unpaired) electrons. The summed E-state index contributed by atoms with van der Waals surface area (Å²) in [6.45, 7) is 3.62. The highest BCUT2D eigenvalue weighted by molar-refractivity contribution is 6.30. The Morgan fingerprint density at radius 2 is 1.66 bits per heavy atom. The second kappa shape index (κ2) is 12.1. The molecule has 0 spiro atoms. The van der Waals surface area contributed by atoms with Crippen LogP contribution in [0.15, 0.2) is 72.9 Å². The summed E-state index contributed by atoms with van der Waals surface area (Å²) >= 11 is 6.04. The van der Waals surface area contributed by atoms with E-state index in [0.717, 1.165) is 0 Å². The van der Waals surface area contributed by atoms with Crippen molar-refractivity contribution in [2.45, 2.75) is 38.8 Å². The molecule has 35 heavy (non-hydrogen) atoms. The number of amides is 3. The molecule has 2 aromatic carbocycles. The number of aromatic nitrogens is 1. The molecule has 1 aromatic heterocycles. The summed E-state index contributed by atoms with van der Waals surface area (Å²) in [6.07, 6.45) is 1.22. The second-order valence-electron chi connectivity index (χ2n) is 8.12. The SMILES string of the molecule is CC(C)NC(=O)C(c1ccc(Cl)cc1)N(C(=O)CCC(=O)Nc1ccccn1)c1ccc(F)cc1. The maximum Gasteiger partial charge on any atom is 0.248 e. The predicted molar refractivity (Wildman–Crippen MR) is 133 cm³/mol. The molecule has 0 aliphatic rings. The van der Waals surface area contributed by atoms with Gasteiger partial charge < -0.3 is 10.6 Å². The highest BCUT2D eigenvalue weighted by Gasteiger charge is 2.33. The number of hydrogen-bond acceptors (Lipinski definition) is 4. The Balaban J connectivity index is 1.92. The van der Waals surface area contributed by atoms with Crippen molar-refractivity contribution in [3.05, 3.63) is 89.3 Å². The van der Waals surface area contributed by atoms with Crippen LogP contribution in [0.4, 0.5) is 15.9 Å². The zero-order valence-electron chi connectivity index (χ0n) is 19.4. The van der Waals surface area contributed by atoms with Crippen molar-refractivity contribution in [3.8, 4) is 0 Å². The molecule has 7 nitrogen and oxygen atoms in total. The number of benzene rings is 2. The maximum absolute atomic E-state index is 13.7. The largest absolute Gasteiger partial charge is 0.352 e. The van der Waals surface area contributed by atoms with Gasteiger partial charge in [-0.15, -0.1) is 0 Å². The molecule has 0 saturated heterocycles. The summed E-state index contributed by atoms with van der Waals surface area (Å²) in [5, 5.41) is 5.95. The van der Waals surface area contributed by atoms with Crippen molar-refractivity contribution in [1.29, 1.82) is 0 Å². The zero-order valence-corrected chi connectivity index (χ0v) is 20.1. The van der Waals surface area contributed by atoms with E-state index in [4.69, 9.17) is 11.6 Å². The third-order valence-electron chi connectivity index (χ3n) is 5.00. The Morgan fingerprint density at radius 1 is 0.971 bits per heavy atom. The first-order valence-corrected chi connectivity index (χ1v) is 11.5. The predicted octanol–water partition coefficient (Wildman–Crippen LogP) is 4.89. The van der Waals surface area contributed by atoms with E-state index in [1.807, 2.05) is 13.8 Å². The maximum atomic E-state index is 13.7. The summed E-state index contributed by atoms with van der Waals surface area (Å²) in [7, 11) is 0. The molecule has 3 amide bonds. The Kier molecular flexibility index (Phi) is 8.92. The van der Waals surface area contributed by atoms with Gasteiger partial charge >= 0.3 is 0 Å². The highest BCUT2D eigenvalue weighted by Crippen LogP contribution is 2.30. The number of hydrogen-bond donors (Lipinski definition) is 2. The first-order valence-electron chi connectivity index (χ1n) is 11.1. The fourth-order valence-corrected chi connectivity index (χ4v) is 3.57. The monoisotopic (exact) mass is 496 g/mol. The quantitative estimate of drug-likeness (QED) is 0.441. The fraction of sp³-hybridized carbons (Fsp3) is 0.231. The molecule has 1 heterocycles. The van der Waals surface area contributed by atoms with Gasteiger partial charge in [0.1, 0.15) is 17.7 Å². The minimum Gasteiger partial charge on any atom is -0.352 e. The van der Waals surface area contributed by atoms with Crippen LogP contribution in [0, 0.1) is 5.82 Å². The number of carbonyl (C=O) groups is 3. The molecule has 3 aromatic rings. The van der Waals surface area contributed by atoms with Gasteiger partial charge in [0.15, 0.2) is 0 Å². The fourth-order valence-electron chi connectivity index (χ4n) is 3.45. The Bertz CT molecular complexity index is 1160. The minimum atomic E-state index is -1.06. The normalized spacial score (nSPS) is 11.6. The molecular weight excluding hydrogens is 471 g/mol. The standard InChI is InChI=1S/C26H26ClFN4O3/c1-17(2)30-26(35)25(18-6-8-19(27)9-7-18)32(21-12-10-20(28)11-13-21)24(34)15-14-23(33)31-22-5-3-4-16-29-22/h3-13,16-17,25H,14-15H2,1-2H3,(H,30,35)(H,29,31,33). The number of nitrogens with zero attached hydrogens (tertiary/aromatic N) is 2. The summed E-state index contributed by atoms with van der Waals surface area (Å²) in [4.78, 5) is 44.5. The molecule has 0 aliphatic carbocycles. The Hall–Kier alpha value is -3.78. The number of halogens is 2. The molecule has 182 valence electrons. The molecule has 9 heteroatoms.